The van der Waals surface area contributed by atoms with Crippen LogP contribution >= 0.6 is 35.0 Å². The van der Waals surface area contributed by atoms with E-state index in [1.807, 2.05) is 35.7 Å². The van der Waals surface area contributed by atoms with Crippen molar-refractivity contribution in [1.29, 1.82) is 0 Å². The van der Waals surface area contributed by atoms with E-state index in [4.69, 9.17) is 27.9 Å². The minimum absolute atomic E-state index is 0.0145. The second-order valence-corrected chi connectivity index (χ2v) is 9.31. The van der Waals surface area contributed by atoms with Gasteiger partial charge in [0.2, 0.25) is 5.91 Å². The van der Waals surface area contributed by atoms with Gasteiger partial charge in [0.25, 0.3) is 5.91 Å². The van der Waals surface area contributed by atoms with Crippen molar-refractivity contribution < 1.29 is 14.3 Å². The van der Waals surface area contributed by atoms with Crippen molar-refractivity contribution in [3.05, 3.63) is 69.6 Å². The Morgan fingerprint density at radius 1 is 1.19 bits per heavy atom. The van der Waals surface area contributed by atoms with E-state index < -0.39 is 0 Å². The molecule has 1 N–H and O–H groups in total. The molecule has 2 amide bonds. The number of carbonyl (C=O) groups is 2. The normalized spacial score (nSPS) is 16.2. The van der Waals surface area contributed by atoms with Crippen LogP contribution in [0.3, 0.4) is 0 Å². The molecule has 1 atom stereocenters. The lowest BCUT2D eigenvalue weighted by Gasteiger charge is -2.32. The minimum Gasteiger partial charge on any atom is -0.496 e. The van der Waals surface area contributed by atoms with Crippen LogP contribution < -0.4 is 10.1 Å². The fraction of sp³-hybridized carbons (Fsp3) is 0.333. The fourth-order valence-corrected chi connectivity index (χ4v) is 4.50. The number of halogens is 2. The number of hydrogen-bond donors (Lipinski definition) is 1. The minimum atomic E-state index is -0.217. The predicted molar refractivity (Wildman–Crippen MR) is 131 cm³/mol. The molecule has 1 heterocycles. The van der Waals surface area contributed by atoms with Crippen LogP contribution in [0.25, 0.3) is 0 Å². The van der Waals surface area contributed by atoms with Crippen LogP contribution in [0.5, 0.6) is 5.75 Å². The Bertz CT molecular complexity index is 966. The van der Waals surface area contributed by atoms with Crippen molar-refractivity contribution in [3.8, 4) is 5.75 Å². The Morgan fingerprint density at radius 2 is 1.94 bits per heavy atom. The summed E-state index contributed by atoms with van der Waals surface area (Å²) in [5, 5.41) is 6.19. The van der Waals surface area contributed by atoms with Crippen LogP contribution in [-0.2, 0) is 4.79 Å². The molecule has 32 heavy (non-hydrogen) atoms. The zero-order chi connectivity index (χ0) is 22.9. The van der Waals surface area contributed by atoms with Crippen molar-refractivity contribution in [2.45, 2.75) is 24.2 Å². The number of benzene rings is 2. The van der Waals surface area contributed by atoms with E-state index in [0.29, 0.717) is 36.0 Å². The number of ether oxygens (including phenoxy) is 1. The Kier molecular flexibility index (Phi) is 9.33. The van der Waals surface area contributed by atoms with E-state index in [9.17, 15) is 9.59 Å². The highest BCUT2D eigenvalue weighted by Crippen LogP contribution is 2.26. The maximum atomic E-state index is 13.0. The number of piperidine rings is 1. The maximum absolute atomic E-state index is 13.0. The Balaban J connectivity index is 1.46. The zero-order valence-corrected chi connectivity index (χ0v) is 20.2. The molecule has 1 aliphatic rings. The number of nitrogens with zero attached hydrogens (tertiary/aromatic N) is 1. The first-order valence-electron chi connectivity index (χ1n) is 10.5. The number of thioether (sulfide) groups is 1. The van der Waals surface area contributed by atoms with E-state index in [-0.39, 0.29) is 17.7 Å². The van der Waals surface area contributed by atoms with Gasteiger partial charge in [-0.25, -0.2) is 0 Å². The molecule has 0 bridgehead atoms. The molecule has 2 aromatic rings. The van der Waals surface area contributed by atoms with Gasteiger partial charge in [0, 0.05) is 34.6 Å². The topological polar surface area (TPSA) is 58.6 Å². The van der Waals surface area contributed by atoms with E-state index in [1.165, 1.54) is 7.11 Å². The van der Waals surface area contributed by atoms with Crippen LogP contribution in [-0.4, -0.2) is 43.5 Å². The third-order valence-electron chi connectivity index (χ3n) is 5.20. The lowest BCUT2D eigenvalue weighted by molar-refractivity contribution is -0.126. The lowest BCUT2D eigenvalue weighted by atomic mass is 9.96. The van der Waals surface area contributed by atoms with Crippen molar-refractivity contribution in [2.24, 2.45) is 5.92 Å². The molecule has 0 aliphatic carbocycles. The predicted octanol–water partition coefficient (Wildman–Crippen LogP) is 5.67. The first kappa shape index (κ1) is 24.5. The molecule has 170 valence electrons. The average molecular weight is 493 g/mol. The van der Waals surface area contributed by atoms with E-state index in [1.54, 1.807) is 34.9 Å². The average Bonchev–Trinajstić information content (AvgIpc) is 2.81. The molecular weight excluding hydrogens is 467 g/mol. The SMILES string of the molecule is COc1ccc(Cl)cc1C(=O)N1CCCC(C(=O)NCC/C=C/Sc2ccc(Cl)cc2)C1. The van der Waals surface area contributed by atoms with Gasteiger partial charge in [0.15, 0.2) is 0 Å². The standard InChI is InChI=1S/C24H26Cl2N2O3S/c1-31-22-11-8-19(26)15-21(22)24(30)28-13-4-5-17(16-28)23(29)27-12-2-3-14-32-20-9-6-18(25)7-10-20/h3,6-11,14-15,17H,2,4-5,12-13,16H2,1H3,(H,27,29)/b14-3+. The smallest absolute Gasteiger partial charge is 0.257 e. The van der Waals surface area contributed by atoms with Gasteiger partial charge in [-0.2, -0.15) is 0 Å². The monoisotopic (exact) mass is 492 g/mol. The largest absolute Gasteiger partial charge is 0.496 e. The molecule has 2 aromatic carbocycles. The molecule has 8 heteroatoms. The van der Waals surface area contributed by atoms with Crippen LogP contribution in [0.1, 0.15) is 29.6 Å². The third-order valence-corrected chi connectivity index (χ3v) is 6.56. The summed E-state index contributed by atoms with van der Waals surface area (Å²) in [6.07, 6.45) is 4.32. The second kappa shape index (κ2) is 12.2. The Labute approximate surface area is 203 Å². The molecule has 3 rings (SSSR count). The van der Waals surface area contributed by atoms with Gasteiger partial charge in [-0.15, -0.1) is 0 Å². The summed E-state index contributed by atoms with van der Waals surface area (Å²) in [5.41, 5.74) is 0.421. The molecule has 1 saturated heterocycles. The Hall–Kier alpha value is -2.15. The van der Waals surface area contributed by atoms with Crippen LogP contribution in [0.4, 0.5) is 0 Å². The summed E-state index contributed by atoms with van der Waals surface area (Å²) in [6.45, 7) is 1.56. The summed E-state index contributed by atoms with van der Waals surface area (Å²) >= 11 is 13.6. The summed E-state index contributed by atoms with van der Waals surface area (Å²) < 4.78 is 5.31. The highest BCUT2D eigenvalue weighted by atomic mass is 35.5. The summed E-state index contributed by atoms with van der Waals surface area (Å²) in [7, 11) is 1.52. The molecule has 1 fully saturated rings. The molecule has 0 spiro atoms. The summed E-state index contributed by atoms with van der Waals surface area (Å²) in [5.74, 6) is 0.0860. The van der Waals surface area contributed by atoms with Gasteiger partial charge in [-0.3, -0.25) is 9.59 Å². The highest BCUT2D eigenvalue weighted by Gasteiger charge is 2.30. The van der Waals surface area contributed by atoms with Gasteiger partial charge < -0.3 is 15.0 Å². The Morgan fingerprint density at radius 3 is 2.69 bits per heavy atom. The maximum Gasteiger partial charge on any atom is 0.257 e. The van der Waals surface area contributed by atoms with Crippen LogP contribution in [0.2, 0.25) is 10.0 Å². The van der Waals surface area contributed by atoms with Crippen molar-refractivity contribution in [2.75, 3.05) is 26.7 Å². The van der Waals surface area contributed by atoms with Gasteiger partial charge >= 0.3 is 0 Å². The number of nitrogens with one attached hydrogen (secondary N) is 1. The molecule has 0 saturated carbocycles. The van der Waals surface area contributed by atoms with Gasteiger partial charge in [-0.05, 0) is 67.1 Å². The number of methoxy groups -OCH3 is 1. The zero-order valence-electron chi connectivity index (χ0n) is 17.9. The number of likely N-dealkylation sites (tertiary alicyclic amines) is 1. The van der Waals surface area contributed by atoms with Crippen molar-refractivity contribution in [1.82, 2.24) is 10.2 Å². The molecule has 0 radical (unpaired) electrons. The molecular formula is C24H26Cl2N2O3S. The quantitative estimate of drug-likeness (QED) is 0.381. The van der Waals surface area contributed by atoms with E-state index in [0.717, 1.165) is 29.2 Å². The van der Waals surface area contributed by atoms with Gasteiger partial charge in [0.1, 0.15) is 5.75 Å². The van der Waals surface area contributed by atoms with Crippen molar-refractivity contribution in [3.63, 3.8) is 0 Å². The number of amides is 2. The molecule has 1 unspecified atom stereocenters. The molecule has 5 nitrogen and oxygen atoms in total. The van der Waals surface area contributed by atoms with Crippen LogP contribution in [0, 0.1) is 5.92 Å². The molecule has 0 aromatic heterocycles. The summed E-state index contributed by atoms with van der Waals surface area (Å²) in [4.78, 5) is 28.5. The molecule has 1 aliphatic heterocycles. The van der Waals surface area contributed by atoms with Crippen LogP contribution in [0.15, 0.2) is 58.8 Å². The first-order chi connectivity index (χ1) is 15.5. The second-order valence-electron chi connectivity index (χ2n) is 7.46. The van der Waals surface area contributed by atoms with E-state index in [2.05, 4.69) is 5.32 Å². The first-order valence-corrected chi connectivity index (χ1v) is 12.1. The summed E-state index contributed by atoms with van der Waals surface area (Å²) in [6, 6.07) is 12.6. The third kappa shape index (κ3) is 6.92. The number of rotatable bonds is 8. The fourth-order valence-electron chi connectivity index (χ4n) is 3.52. The van der Waals surface area contributed by atoms with Gasteiger partial charge in [-0.1, -0.05) is 41.0 Å². The van der Waals surface area contributed by atoms with E-state index >= 15 is 0 Å². The lowest BCUT2D eigenvalue weighted by Crippen LogP contribution is -2.45. The number of hydrogen-bond acceptors (Lipinski definition) is 4. The number of carbonyl (C=O) groups excluding carboxylic acids is 2. The van der Waals surface area contributed by atoms with Gasteiger partial charge in [0.05, 0.1) is 18.6 Å². The van der Waals surface area contributed by atoms with Crippen molar-refractivity contribution >= 4 is 46.8 Å². The highest BCUT2D eigenvalue weighted by molar-refractivity contribution is 8.02.